The predicted molar refractivity (Wildman–Crippen MR) is 104 cm³/mol. The van der Waals surface area contributed by atoms with Crippen molar-refractivity contribution in [2.24, 2.45) is 5.92 Å². The Morgan fingerprint density at radius 2 is 1.96 bits per heavy atom. The maximum absolute atomic E-state index is 12.8. The van der Waals surface area contributed by atoms with Crippen LogP contribution in [0.4, 0.5) is 4.79 Å². The van der Waals surface area contributed by atoms with Crippen molar-refractivity contribution in [2.45, 2.75) is 31.9 Å². The number of methoxy groups -OCH3 is 1. The fourth-order valence-electron chi connectivity index (χ4n) is 4.28. The number of hydrogen-bond donors (Lipinski definition) is 0. The number of carbonyl (C=O) groups excluding carboxylic acids is 1. The van der Waals surface area contributed by atoms with Crippen molar-refractivity contribution in [2.75, 3.05) is 53.1 Å². The van der Waals surface area contributed by atoms with Gasteiger partial charge in [0.15, 0.2) is 0 Å². The third-order valence-electron chi connectivity index (χ3n) is 5.64. The summed E-state index contributed by atoms with van der Waals surface area (Å²) in [6, 6.07) is 9.80. The highest BCUT2D eigenvalue weighted by Gasteiger charge is 2.42. The quantitative estimate of drug-likeness (QED) is 0.764. The number of hydrogen-bond acceptors (Lipinski definition) is 5. The zero-order chi connectivity index (χ0) is 19.1. The molecule has 2 saturated heterocycles. The number of benzene rings is 1. The average Bonchev–Trinajstić information content (AvgIpc) is 2.68. The Morgan fingerprint density at radius 3 is 2.67 bits per heavy atom. The summed E-state index contributed by atoms with van der Waals surface area (Å²) in [7, 11) is 1.70. The minimum atomic E-state index is -0.336. The van der Waals surface area contributed by atoms with Crippen LogP contribution in [0, 0.1) is 5.92 Å². The second-order valence-electron chi connectivity index (χ2n) is 7.89. The molecule has 2 unspecified atom stereocenters. The Labute approximate surface area is 162 Å². The van der Waals surface area contributed by atoms with Crippen molar-refractivity contribution in [1.29, 1.82) is 0 Å². The standard InChI is InChI=1S/C21H32N2O4/c1-21(17-25-2)14-19(15-22-10-12-26-13-11-22)8-9-23(21)20(24)27-16-18-6-4-3-5-7-18/h3-7,19H,8-17H2,1-2H3. The molecule has 2 fully saturated rings. The lowest BCUT2D eigenvalue weighted by molar-refractivity contribution is -0.0343. The molecule has 2 atom stereocenters. The van der Waals surface area contributed by atoms with Gasteiger partial charge in [-0.2, -0.15) is 0 Å². The number of amides is 1. The molecule has 0 aliphatic carbocycles. The molecule has 0 saturated carbocycles. The van der Waals surface area contributed by atoms with Crippen molar-refractivity contribution in [3.63, 3.8) is 0 Å². The van der Waals surface area contributed by atoms with E-state index in [-0.39, 0.29) is 11.6 Å². The number of piperidine rings is 1. The Morgan fingerprint density at radius 1 is 1.22 bits per heavy atom. The molecule has 0 aromatic heterocycles. The van der Waals surface area contributed by atoms with Crippen molar-refractivity contribution in [1.82, 2.24) is 9.80 Å². The van der Waals surface area contributed by atoms with Crippen molar-refractivity contribution in [3.8, 4) is 0 Å². The molecule has 27 heavy (non-hydrogen) atoms. The lowest BCUT2D eigenvalue weighted by atomic mass is 9.81. The van der Waals surface area contributed by atoms with E-state index in [2.05, 4.69) is 11.8 Å². The molecular weight excluding hydrogens is 344 g/mol. The van der Waals surface area contributed by atoms with Gasteiger partial charge >= 0.3 is 6.09 Å². The van der Waals surface area contributed by atoms with E-state index in [1.807, 2.05) is 35.2 Å². The highest BCUT2D eigenvalue weighted by molar-refractivity contribution is 5.69. The maximum atomic E-state index is 12.8. The molecule has 2 aliphatic rings. The summed E-state index contributed by atoms with van der Waals surface area (Å²) in [6.45, 7) is 8.36. The lowest BCUT2D eigenvalue weighted by Gasteiger charge is -2.47. The molecule has 0 spiro atoms. The molecule has 0 bridgehead atoms. The molecule has 1 amide bonds. The van der Waals surface area contributed by atoms with Gasteiger partial charge in [-0.3, -0.25) is 4.90 Å². The highest BCUT2D eigenvalue weighted by atomic mass is 16.6. The van der Waals surface area contributed by atoms with E-state index in [0.717, 1.165) is 51.3 Å². The molecular formula is C21H32N2O4. The first-order chi connectivity index (χ1) is 13.1. The summed E-state index contributed by atoms with van der Waals surface area (Å²) in [5, 5.41) is 0. The van der Waals surface area contributed by atoms with Crippen LogP contribution in [-0.4, -0.2) is 74.5 Å². The van der Waals surface area contributed by atoms with Gasteiger partial charge in [0, 0.05) is 33.3 Å². The van der Waals surface area contributed by atoms with Crippen molar-refractivity contribution in [3.05, 3.63) is 35.9 Å². The van der Waals surface area contributed by atoms with Crippen LogP contribution in [0.5, 0.6) is 0 Å². The fourth-order valence-corrected chi connectivity index (χ4v) is 4.28. The summed E-state index contributed by atoms with van der Waals surface area (Å²) >= 11 is 0. The lowest BCUT2D eigenvalue weighted by Crippen LogP contribution is -2.58. The van der Waals surface area contributed by atoms with Crippen molar-refractivity contribution < 1.29 is 19.0 Å². The SMILES string of the molecule is COCC1(C)CC(CN2CCOCC2)CCN1C(=O)OCc1ccccc1. The molecule has 2 aliphatic heterocycles. The number of likely N-dealkylation sites (tertiary alicyclic amines) is 1. The predicted octanol–water partition coefficient (Wildman–Crippen LogP) is 2.77. The minimum absolute atomic E-state index is 0.247. The second kappa shape index (κ2) is 9.53. The summed E-state index contributed by atoms with van der Waals surface area (Å²) in [5.74, 6) is 0.557. The first-order valence-electron chi connectivity index (χ1n) is 9.88. The second-order valence-corrected chi connectivity index (χ2v) is 7.89. The highest BCUT2D eigenvalue weighted by Crippen LogP contribution is 2.33. The molecule has 3 rings (SSSR count). The molecule has 6 nitrogen and oxygen atoms in total. The first kappa shape index (κ1) is 20.1. The normalized spacial score (nSPS) is 26.7. The van der Waals surface area contributed by atoms with Crippen LogP contribution >= 0.6 is 0 Å². The van der Waals surface area contributed by atoms with E-state index < -0.39 is 0 Å². The minimum Gasteiger partial charge on any atom is -0.445 e. The van der Waals surface area contributed by atoms with Gasteiger partial charge in [0.25, 0.3) is 0 Å². The Bertz CT molecular complexity index is 591. The molecule has 1 aromatic rings. The zero-order valence-corrected chi connectivity index (χ0v) is 16.6. The van der Waals surface area contributed by atoms with Crippen LogP contribution in [0.1, 0.15) is 25.3 Å². The van der Waals surface area contributed by atoms with Crippen LogP contribution in [0.15, 0.2) is 30.3 Å². The largest absolute Gasteiger partial charge is 0.445 e. The van der Waals surface area contributed by atoms with Gasteiger partial charge in [-0.1, -0.05) is 30.3 Å². The Balaban J connectivity index is 1.58. The molecule has 0 radical (unpaired) electrons. The van der Waals surface area contributed by atoms with Gasteiger partial charge in [-0.05, 0) is 31.2 Å². The van der Waals surface area contributed by atoms with Gasteiger partial charge in [0.1, 0.15) is 6.61 Å². The van der Waals surface area contributed by atoms with E-state index in [9.17, 15) is 4.79 Å². The summed E-state index contributed by atoms with van der Waals surface area (Å²) in [4.78, 5) is 17.1. The number of ether oxygens (including phenoxy) is 3. The van der Waals surface area contributed by atoms with Gasteiger partial charge in [-0.25, -0.2) is 4.79 Å². The summed E-state index contributed by atoms with van der Waals surface area (Å²) in [5.41, 5.74) is 0.666. The summed E-state index contributed by atoms with van der Waals surface area (Å²) in [6.07, 6.45) is 1.68. The number of morpholine rings is 1. The molecule has 150 valence electrons. The van der Waals surface area contributed by atoms with Crippen LogP contribution in [-0.2, 0) is 20.8 Å². The van der Waals surface area contributed by atoms with E-state index in [1.54, 1.807) is 7.11 Å². The van der Waals surface area contributed by atoms with Gasteiger partial charge < -0.3 is 19.1 Å². The van der Waals surface area contributed by atoms with E-state index in [4.69, 9.17) is 14.2 Å². The third-order valence-corrected chi connectivity index (χ3v) is 5.64. The van der Waals surface area contributed by atoms with Gasteiger partial charge in [0.05, 0.1) is 25.4 Å². The average molecular weight is 376 g/mol. The number of nitrogens with zero attached hydrogens (tertiary/aromatic N) is 2. The molecule has 1 aromatic carbocycles. The van der Waals surface area contributed by atoms with Crippen LogP contribution < -0.4 is 0 Å². The first-order valence-corrected chi connectivity index (χ1v) is 9.88. The van der Waals surface area contributed by atoms with E-state index >= 15 is 0 Å². The smallest absolute Gasteiger partial charge is 0.410 e. The fraction of sp³-hybridized carbons (Fsp3) is 0.667. The molecule has 0 N–H and O–H groups in total. The van der Waals surface area contributed by atoms with Gasteiger partial charge in [-0.15, -0.1) is 0 Å². The number of rotatable bonds is 6. The van der Waals surface area contributed by atoms with Gasteiger partial charge in [0.2, 0.25) is 0 Å². The van der Waals surface area contributed by atoms with Crippen molar-refractivity contribution >= 4 is 6.09 Å². The Kier molecular flexibility index (Phi) is 7.10. The topological polar surface area (TPSA) is 51.2 Å². The van der Waals surface area contributed by atoms with Crippen LogP contribution in [0.2, 0.25) is 0 Å². The monoisotopic (exact) mass is 376 g/mol. The molecule has 2 heterocycles. The third kappa shape index (κ3) is 5.43. The molecule has 6 heteroatoms. The van der Waals surface area contributed by atoms with E-state index in [1.165, 1.54) is 0 Å². The zero-order valence-electron chi connectivity index (χ0n) is 16.6. The maximum Gasteiger partial charge on any atom is 0.410 e. The van der Waals surface area contributed by atoms with Crippen LogP contribution in [0.25, 0.3) is 0 Å². The summed E-state index contributed by atoms with van der Waals surface area (Å²) < 4.78 is 16.5. The van der Waals surface area contributed by atoms with E-state index in [0.29, 0.717) is 25.7 Å². The Hall–Kier alpha value is -1.63. The number of carbonyl (C=O) groups is 1. The van der Waals surface area contributed by atoms with Crippen LogP contribution in [0.3, 0.4) is 0 Å².